The van der Waals surface area contributed by atoms with E-state index in [4.69, 9.17) is 4.74 Å². The molecule has 0 fully saturated rings. The molecule has 0 saturated heterocycles. The molecule has 3 rings (SSSR count). The standard InChI is InChI=1S/C18H15N3O4/c1-25-15-11-16(23)21(13-5-3-2-4-6-13)20-17(15)18(24)19-12-7-9-14(22)10-8-12/h2-11,22H,1H3,(H,19,24). The first-order chi connectivity index (χ1) is 12.1. The minimum absolute atomic E-state index is 0.0287. The van der Waals surface area contributed by atoms with Gasteiger partial charge >= 0.3 is 0 Å². The molecule has 1 heterocycles. The maximum absolute atomic E-state index is 12.5. The first kappa shape index (κ1) is 16.3. The third-order valence-electron chi connectivity index (χ3n) is 3.46. The topological polar surface area (TPSA) is 93.5 Å². The summed E-state index contributed by atoms with van der Waals surface area (Å²) in [4.78, 5) is 24.8. The van der Waals surface area contributed by atoms with Gasteiger partial charge in [0, 0.05) is 5.69 Å². The van der Waals surface area contributed by atoms with Crippen LogP contribution in [0.15, 0.2) is 65.5 Å². The van der Waals surface area contributed by atoms with Crippen molar-refractivity contribution in [3.63, 3.8) is 0 Å². The number of hydrogen-bond acceptors (Lipinski definition) is 5. The highest BCUT2D eigenvalue weighted by Gasteiger charge is 2.18. The van der Waals surface area contributed by atoms with E-state index in [0.29, 0.717) is 11.4 Å². The average Bonchev–Trinajstić information content (AvgIpc) is 2.64. The number of ether oxygens (including phenoxy) is 1. The fourth-order valence-electron chi connectivity index (χ4n) is 2.24. The lowest BCUT2D eigenvalue weighted by Gasteiger charge is -2.11. The lowest BCUT2D eigenvalue weighted by molar-refractivity contribution is 0.101. The van der Waals surface area contributed by atoms with E-state index in [9.17, 15) is 14.7 Å². The van der Waals surface area contributed by atoms with Crippen molar-refractivity contribution in [3.05, 3.63) is 76.7 Å². The van der Waals surface area contributed by atoms with E-state index in [1.807, 2.05) is 6.07 Å². The van der Waals surface area contributed by atoms with Crippen molar-refractivity contribution in [1.29, 1.82) is 0 Å². The summed E-state index contributed by atoms with van der Waals surface area (Å²) >= 11 is 0. The normalized spacial score (nSPS) is 10.3. The quantitative estimate of drug-likeness (QED) is 0.712. The predicted molar refractivity (Wildman–Crippen MR) is 92.4 cm³/mol. The van der Waals surface area contributed by atoms with E-state index in [0.717, 1.165) is 4.68 Å². The Hall–Kier alpha value is -3.61. The number of phenols is 1. The third kappa shape index (κ3) is 3.50. The van der Waals surface area contributed by atoms with Crippen LogP contribution in [0.1, 0.15) is 10.5 Å². The van der Waals surface area contributed by atoms with E-state index < -0.39 is 11.5 Å². The highest BCUT2D eigenvalue weighted by molar-refractivity contribution is 6.04. The first-order valence-corrected chi connectivity index (χ1v) is 7.42. The van der Waals surface area contributed by atoms with Gasteiger partial charge in [-0.05, 0) is 36.4 Å². The number of amides is 1. The smallest absolute Gasteiger partial charge is 0.280 e. The number of phenolic OH excluding ortho intramolecular Hbond substituents is 1. The Kier molecular flexibility index (Phi) is 4.47. The number of anilines is 1. The maximum atomic E-state index is 12.5. The number of methoxy groups -OCH3 is 1. The lowest BCUT2D eigenvalue weighted by atomic mass is 10.2. The Bertz CT molecular complexity index is 950. The van der Waals surface area contributed by atoms with Gasteiger partial charge in [-0.3, -0.25) is 9.59 Å². The molecule has 2 N–H and O–H groups in total. The molecule has 0 aliphatic heterocycles. The highest BCUT2D eigenvalue weighted by Crippen LogP contribution is 2.18. The summed E-state index contributed by atoms with van der Waals surface area (Å²) in [6, 6.07) is 16.0. The zero-order valence-electron chi connectivity index (χ0n) is 13.3. The molecule has 0 saturated carbocycles. The van der Waals surface area contributed by atoms with Crippen molar-refractivity contribution in [2.24, 2.45) is 0 Å². The van der Waals surface area contributed by atoms with Gasteiger partial charge < -0.3 is 15.2 Å². The minimum atomic E-state index is -0.535. The number of aromatic nitrogens is 2. The van der Waals surface area contributed by atoms with Crippen molar-refractivity contribution in [1.82, 2.24) is 9.78 Å². The van der Waals surface area contributed by atoms with Gasteiger partial charge in [0.25, 0.3) is 11.5 Å². The Morgan fingerprint density at radius 3 is 2.44 bits per heavy atom. The molecule has 0 unspecified atom stereocenters. The molecule has 0 aliphatic rings. The number of rotatable bonds is 4. The molecule has 0 spiro atoms. The van der Waals surface area contributed by atoms with Crippen LogP contribution in [0.4, 0.5) is 5.69 Å². The van der Waals surface area contributed by atoms with Gasteiger partial charge in [-0.1, -0.05) is 18.2 Å². The molecule has 126 valence electrons. The van der Waals surface area contributed by atoms with E-state index in [2.05, 4.69) is 10.4 Å². The number of carbonyl (C=O) groups excluding carboxylic acids is 1. The summed E-state index contributed by atoms with van der Waals surface area (Å²) < 4.78 is 6.25. The summed E-state index contributed by atoms with van der Waals surface area (Å²) in [5.41, 5.74) is 0.571. The second-order valence-electron chi connectivity index (χ2n) is 5.15. The lowest BCUT2D eigenvalue weighted by Crippen LogP contribution is -2.26. The molecule has 1 amide bonds. The fraction of sp³-hybridized carbons (Fsp3) is 0.0556. The van der Waals surface area contributed by atoms with Crippen LogP contribution in [-0.2, 0) is 0 Å². The fourth-order valence-corrected chi connectivity index (χ4v) is 2.24. The second kappa shape index (κ2) is 6.88. The minimum Gasteiger partial charge on any atom is -0.508 e. The van der Waals surface area contributed by atoms with E-state index in [-0.39, 0.29) is 17.2 Å². The van der Waals surface area contributed by atoms with Crippen molar-refractivity contribution in [2.45, 2.75) is 0 Å². The van der Waals surface area contributed by atoms with Gasteiger partial charge in [0.2, 0.25) is 0 Å². The van der Waals surface area contributed by atoms with E-state index in [1.165, 1.54) is 25.3 Å². The number of nitrogens with zero attached hydrogens (tertiary/aromatic N) is 2. The Balaban J connectivity index is 2.00. The van der Waals surface area contributed by atoms with Gasteiger partial charge in [-0.2, -0.15) is 9.78 Å². The number of benzene rings is 2. The van der Waals surface area contributed by atoms with Crippen LogP contribution in [0.3, 0.4) is 0 Å². The Labute approximate surface area is 143 Å². The van der Waals surface area contributed by atoms with Gasteiger partial charge in [0.15, 0.2) is 11.4 Å². The molecule has 1 aromatic heterocycles. The van der Waals surface area contributed by atoms with Crippen LogP contribution in [0.5, 0.6) is 11.5 Å². The molecule has 2 aromatic carbocycles. The van der Waals surface area contributed by atoms with Crippen molar-refractivity contribution < 1.29 is 14.6 Å². The molecule has 7 heteroatoms. The number of nitrogens with one attached hydrogen (secondary N) is 1. The molecule has 0 radical (unpaired) electrons. The van der Waals surface area contributed by atoms with Gasteiger partial charge in [0.05, 0.1) is 18.9 Å². The van der Waals surface area contributed by atoms with Crippen LogP contribution in [0.2, 0.25) is 0 Å². The molecule has 0 bridgehead atoms. The van der Waals surface area contributed by atoms with E-state index >= 15 is 0 Å². The predicted octanol–water partition coefficient (Wildman–Crippen LogP) is 2.20. The van der Waals surface area contributed by atoms with Crippen molar-refractivity contribution >= 4 is 11.6 Å². The largest absolute Gasteiger partial charge is 0.508 e. The molecule has 7 nitrogen and oxygen atoms in total. The van der Waals surface area contributed by atoms with Crippen molar-refractivity contribution in [2.75, 3.05) is 12.4 Å². The molecule has 3 aromatic rings. The Morgan fingerprint density at radius 1 is 1.12 bits per heavy atom. The summed E-state index contributed by atoms with van der Waals surface area (Å²) in [6.07, 6.45) is 0. The summed E-state index contributed by atoms with van der Waals surface area (Å²) in [6.45, 7) is 0. The summed E-state index contributed by atoms with van der Waals surface area (Å²) in [7, 11) is 1.36. The van der Waals surface area contributed by atoms with E-state index in [1.54, 1.807) is 36.4 Å². The summed E-state index contributed by atoms with van der Waals surface area (Å²) in [5, 5.41) is 16.1. The molecular weight excluding hydrogens is 322 g/mol. The zero-order valence-corrected chi connectivity index (χ0v) is 13.3. The first-order valence-electron chi connectivity index (χ1n) is 7.42. The number of para-hydroxylation sites is 1. The summed E-state index contributed by atoms with van der Waals surface area (Å²) in [5.74, 6) is -0.369. The highest BCUT2D eigenvalue weighted by atomic mass is 16.5. The molecular formula is C18H15N3O4. The number of aromatic hydroxyl groups is 1. The van der Waals surface area contributed by atoms with Crippen LogP contribution in [-0.4, -0.2) is 27.9 Å². The van der Waals surface area contributed by atoms with Crippen LogP contribution < -0.4 is 15.6 Å². The zero-order chi connectivity index (χ0) is 17.8. The second-order valence-corrected chi connectivity index (χ2v) is 5.15. The SMILES string of the molecule is COc1cc(=O)n(-c2ccccc2)nc1C(=O)Nc1ccc(O)cc1. The Morgan fingerprint density at radius 2 is 1.80 bits per heavy atom. The average molecular weight is 337 g/mol. The van der Waals surface area contributed by atoms with Crippen LogP contribution in [0, 0.1) is 0 Å². The van der Waals surface area contributed by atoms with Gasteiger partial charge in [0.1, 0.15) is 5.75 Å². The number of hydrogen-bond donors (Lipinski definition) is 2. The molecule has 25 heavy (non-hydrogen) atoms. The van der Waals surface area contributed by atoms with Gasteiger partial charge in [-0.15, -0.1) is 0 Å². The van der Waals surface area contributed by atoms with Crippen LogP contribution >= 0.6 is 0 Å². The molecule has 0 atom stereocenters. The number of carbonyl (C=O) groups is 1. The monoisotopic (exact) mass is 337 g/mol. The van der Waals surface area contributed by atoms with Crippen LogP contribution in [0.25, 0.3) is 5.69 Å². The maximum Gasteiger partial charge on any atom is 0.280 e. The van der Waals surface area contributed by atoms with Crippen molar-refractivity contribution in [3.8, 4) is 17.2 Å². The van der Waals surface area contributed by atoms with Gasteiger partial charge in [-0.25, -0.2) is 0 Å². The third-order valence-corrected chi connectivity index (χ3v) is 3.46. The molecule has 0 aliphatic carbocycles.